The van der Waals surface area contributed by atoms with Gasteiger partial charge in [0.1, 0.15) is 17.2 Å². The molecule has 2 aromatic heterocycles. The third kappa shape index (κ3) is 7.07. The maximum absolute atomic E-state index is 13.3. The van der Waals surface area contributed by atoms with Crippen LogP contribution in [-0.4, -0.2) is 74.3 Å². The van der Waals surface area contributed by atoms with Crippen molar-refractivity contribution >= 4 is 21.5 Å². The van der Waals surface area contributed by atoms with E-state index in [1.807, 2.05) is 37.9 Å². The van der Waals surface area contributed by atoms with Crippen molar-refractivity contribution in [3.05, 3.63) is 35.8 Å². The number of anilines is 1. The molecule has 2 aromatic rings. The first kappa shape index (κ1) is 29.0. The molecule has 1 amide bonds. The largest absolute Gasteiger partial charge is 0.494 e. The van der Waals surface area contributed by atoms with Gasteiger partial charge in [-0.1, -0.05) is 20.8 Å². The molecule has 1 aliphatic rings. The van der Waals surface area contributed by atoms with Crippen LogP contribution in [0.2, 0.25) is 5.04 Å². The number of pyridine rings is 1. The van der Waals surface area contributed by atoms with E-state index < -0.39 is 21.0 Å². The van der Waals surface area contributed by atoms with Gasteiger partial charge in [0.25, 0.3) is 0 Å². The van der Waals surface area contributed by atoms with E-state index in [0.29, 0.717) is 19.6 Å². The van der Waals surface area contributed by atoms with E-state index >= 15 is 0 Å². The van der Waals surface area contributed by atoms with Crippen molar-refractivity contribution < 1.29 is 18.7 Å². The van der Waals surface area contributed by atoms with Crippen LogP contribution in [0.15, 0.2) is 24.4 Å². The highest BCUT2D eigenvalue weighted by atomic mass is 28.2. The SMILES string of the molecule is COc1cc(-n2c(C)ccc2C)ncc1N1CCN(C(=O)OC(C)(C)C)[C@H](C(C)(C)O[SiH2]C(C)(C)C)C1. The Morgan fingerprint density at radius 1 is 1.03 bits per heavy atom. The molecule has 0 N–H and O–H groups in total. The van der Waals surface area contributed by atoms with E-state index in [9.17, 15) is 4.79 Å². The zero-order valence-corrected chi connectivity index (χ0v) is 26.1. The number of nitrogens with zero attached hydrogens (tertiary/aromatic N) is 4. The molecular formula is C28H46N4O4Si. The number of carbonyl (C=O) groups is 1. The lowest BCUT2D eigenvalue weighted by molar-refractivity contribution is -0.0296. The Morgan fingerprint density at radius 3 is 2.19 bits per heavy atom. The predicted octanol–water partition coefficient (Wildman–Crippen LogP) is 5.02. The molecule has 0 saturated carbocycles. The average Bonchev–Trinajstić information content (AvgIpc) is 3.13. The highest BCUT2D eigenvalue weighted by Gasteiger charge is 2.43. The van der Waals surface area contributed by atoms with Gasteiger partial charge in [0.05, 0.1) is 30.6 Å². The van der Waals surface area contributed by atoms with Crippen LogP contribution in [0.3, 0.4) is 0 Å². The van der Waals surface area contributed by atoms with Crippen molar-refractivity contribution in [2.24, 2.45) is 0 Å². The zero-order valence-electron chi connectivity index (χ0n) is 24.6. The van der Waals surface area contributed by atoms with E-state index in [4.69, 9.17) is 18.9 Å². The fraction of sp³-hybridized carbons (Fsp3) is 0.643. The molecule has 3 heterocycles. The summed E-state index contributed by atoms with van der Waals surface area (Å²) in [7, 11) is 0.842. The molecule has 1 fully saturated rings. The molecule has 0 aromatic carbocycles. The molecule has 1 atom stereocenters. The van der Waals surface area contributed by atoms with Crippen LogP contribution < -0.4 is 9.64 Å². The zero-order chi connectivity index (χ0) is 27.8. The normalized spacial score (nSPS) is 17.5. The first-order chi connectivity index (χ1) is 17.0. The number of hydrogen-bond acceptors (Lipinski definition) is 6. The Labute approximate surface area is 225 Å². The number of ether oxygens (including phenoxy) is 2. The molecule has 1 saturated heterocycles. The molecule has 206 valence electrons. The number of amides is 1. The van der Waals surface area contributed by atoms with Crippen LogP contribution in [-0.2, 0) is 9.16 Å². The summed E-state index contributed by atoms with van der Waals surface area (Å²) in [5.41, 5.74) is 2.03. The summed E-state index contributed by atoms with van der Waals surface area (Å²) in [4.78, 5) is 22.2. The van der Waals surface area contributed by atoms with Gasteiger partial charge < -0.3 is 23.4 Å². The van der Waals surface area contributed by atoms with Crippen LogP contribution in [0.25, 0.3) is 5.82 Å². The number of piperazine rings is 1. The molecule has 37 heavy (non-hydrogen) atoms. The average molecular weight is 531 g/mol. The second-order valence-electron chi connectivity index (χ2n) is 12.8. The van der Waals surface area contributed by atoms with Crippen LogP contribution in [0.1, 0.15) is 66.8 Å². The van der Waals surface area contributed by atoms with Crippen LogP contribution in [0, 0.1) is 13.8 Å². The van der Waals surface area contributed by atoms with Gasteiger partial charge in [0.2, 0.25) is 0 Å². The quantitative estimate of drug-likeness (QED) is 0.489. The van der Waals surface area contributed by atoms with E-state index in [1.54, 1.807) is 7.11 Å². The lowest BCUT2D eigenvalue weighted by atomic mass is 9.94. The van der Waals surface area contributed by atoms with Crippen LogP contribution >= 0.6 is 0 Å². The lowest BCUT2D eigenvalue weighted by Gasteiger charge is -2.49. The maximum Gasteiger partial charge on any atom is 0.410 e. The third-order valence-electron chi connectivity index (χ3n) is 6.58. The number of hydrogen-bond donors (Lipinski definition) is 0. The van der Waals surface area contributed by atoms with Gasteiger partial charge >= 0.3 is 6.09 Å². The van der Waals surface area contributed by atoms with E-state index in [0.717, 1.165) is 28.6 Å². The molecule has 0 unspecified atom stereocenters. The maximum atomic E-state index is 13.3. The molecule has 1 aliphatic heterocycles. The minimum atomic E-state index is -0.847. The fourth-order valence-corrected chi connectivity index (χ4v) is 5.60. The first-order valence-corrected chi connectivity index (χ1v) is 14.4. The molecule has 0 spiro atoms. The summed E-state index contributed by atoms with van der Waals surface area (Å²) in [5, 5.41) is 0.139. The van der Waals surface area contributed by atoms with Gasteiger partial charge in [-0.3, -0.25) is 4.90 Å². The van der Waals surface area contributed by atoms with Crippen LogP contribution in [0.5, 0.6) is 5.75 Å². The van der Waals surface area contributed by atoms with E-state index in [2.05, 4.69) is 70.1 Å². The van der Waals surface area contributed by atoms with E-state index in [-0.39, 0.29) is 17.2 Å². The monoisotopic (exact) mass is 530 g/mol. The van der Waals surface area contributed by atoms with Gasteiger partial charge in [-0.25, -0.2) is 9.78 Å². The molecule has 0 bridgehead atoms. The Morgan fingerprint density at radius 2 is 1.65 bits per heavy atom. The molecular weight excluding hydrogens is 484 g/mol. The number of rotatable bonds is 6. The minimum absolute atomic E-state index is 0.139. The van der Waals surface area contributed by atoms with Gasteiger partial charge in [0, 0.05) is 37.1 Å². The lowest BCUT2D eigenvalue weighted by Crippen LogP contribution is -2.64. The van der Waals surface area contributed by atoms with Crippen molar-refractivity contribution in [1.29, 1.82) is 0 Å². The Hall–Kier alpha value is -2.52. The molecule has 9 heteroatoms. The summed E-state index contributed by atoms with van der Waals surface area (Å²) in [6, 6.07) is 5.95. The summed E-state index contributed by atoms with van der Waals surface area (Å²) in [6.07, 6.45) is 1.58. The number of carbonyl (C=O) groups excluding carboxylic acids is 1. The first-order valence-electron chi connectivity index (χ1n) is 13.1. The van der Waals surface area contributed by atoms with Gasteiger partial charge in [-0.2, -0.15) is 0 Å². The van der Waals surface area contributed by atoms with Crippen molar-refractivity contribution in [2.75, 3.05) is 31.6 Å². The van der Waals surface area contributed by atoms with Crippen molar-refractivity contribution in [1.82, 2.24) is 14.5 Å². The van der Waals surface area contributed by atoms with Crippen molar-refractivity contribution in [2.45, 2.75) is 91.5 Å². The Kier molecular flexibility index (Phi) is 8.39. The van der Waals surface area contributed by atoms with Crippen molar-refractivity contribution in [3.63, 3.8) is 0 Å². The number of methoxy groups -OCH3 is 1. The smallest absolute Gasteiger partial charge is 0.410 e. The standard InChI is InChI=1S/C28H46N4O4Si/c1-19-12-13-20(2)32(19)24-16-22(34-11)21(17-29-24)30-14-15-31(25(33)35-26(3,4)5)23(18-30)28(9,10)36-37-27(6,7)8/h12-13,16-17,23H,14-15,18,37H2,1-11H3/t23-/m0/s1. The molecule has 8 nitrogen and oxygen atoms in total. The topological polar surface area (TPSA) is 69.1 Å². The van der Waals surface area contributed by atoms with Crippen LogP contribution in [0.4, 0.5) is 10.5 Å². The predicted molar refractivity (Wildman–Crippen MR) is 152 cm³/mol. The summed E-state index contributed by atoms with van der Waals surface area (Å²) < 4.78 is 20.3. The minimum Gasteiger partial charge on any atom is -0.494 e. The Bertz CT molecular complexity index is 1080. The molecule has 0 radical (unpaired) electrons. The summed E-state index contributed by atoms with van der Waals surface area (Å²) in [5.74, 6) is 1.58. The highest BCUT2D eigenvalue weighted by Crippen LogP contribution is 2.35. The van der Waals surface area contributed by atoms with E-state index in [1.165, 1.54) is 0 Å². The Balaban J connectivity index is 1.94. The fourth-order valence-electron chi connectivity index (χ4n) is 4.61. The summed E-state index contributed by atoms with van der Waals surface area (Å²) in [6.45, 7) is 22.4. The van der Waals surface area contributed by atoms with Crippen molar-refractivity contribution in [3.8, 4) is 11.6 Å². The molecule has 0 aliphatic carbocycles. The second-order valence-corrected chi connectivity index (χ2v) is 15.5. The van der Waals surface area contributed by atoms with Gasteiger partial charge in [-0.05, 0) is 65.6 Å². The summed E-state index contributed by atoms with van der Waals surface area (Å²) >= 11 is 0. The number of aryl methyl sites for hydroxylation is 2. The highest BCUT2D eigenvalue weighted by molar-refractivity contribution is 6.31. The molecule has 3 rings (SSSR count). The van der Waals surface area contributed by atoms with Gasteiger partial charge in [0.15, 0.2) is 9.76 Å². The number of aromatic nitrogens is 2. The van der Waals surface area contributed by atoms with Gasteiger partial charge in [-0.15, -0.1) is 0 Å². The second kappa shape index (κ2) is 10.7. The third-order valence-corrected chi connectivity index (χ3v) is 8.34.